The highest BCUT2D eigenvalue weighted by Crippen LogP contribution is 2.35. The quantitative estimate of drug-likeness (QED) is 0.535. The second kappa shape index (κ2) is 7.57. The number of pyridine rings is 1. The van der Waals surface area contributed by atoms with Crippen LogP contribution < -0.4 is 5.32 Å². The smallest absolute Gasteiger partial charge is 0.322 e. The number of nitrogens with one attached hydrogen (secondary N) is 1. The van der Waals surface area contributed by atoms with Gasteiger partial charge < -0.3 is 5.32 Å². The Morgan fingerprint density at radius 2 is 1.52 bits per heavy atom. The SMILES string of the molecule is O=C(Nc1cccc(C(F)(F)F)c1)c1ccc(-c2ncccc2C(F)(F)F)cc1. The number of alkyl halides is 6. The van der Waals surface area contributed by atoms with Gasteiger partial charge in [0.15, 0.2) is 0 Å². The number of carbonyl (C=O) groups is 1. The van der Waals surface area contributed by atoms with Gasteiger partial charge in [-0.15, -0.1) is 0 Å². The summed E-state index contributed by atoms with van der Waals surface area (Å²) in [5.41, 5.74) is -1.96. The molecule has 2 aromatic carbocycles. The van der Waals surface area contributed by atoms with Crippen molar-refractivity contribution in [1.29, 1.82) is 0 Å². The average Bonchev–Trinajstić information content (AvgIpc) is 2.67. The van der Waals surface area contributed by atoms with Gasteiger partial charge in [0.2, 0.25) is 0 Å². The fourth-order valence-corrected chi connectivity index (χ4v) is 2.62. The second-order valence-electron chi connectivity index (χ2n) is 6.01. The molecule has 0 aliphatic rings. The molecular weight excluding hydrogens is 398 g/mol. The summed E-state index contributed by atoms with van der Waals surface area (Å²) in [6.45, 7) is 0. The molecule has 1 heterocycles. The molecule has 1 aromatic heterocycles. The predicted octanol–water partition coefficient (Wildman–Crippen LogP) is 6.04. The third kappa shape index (κ3) is 4.74. The lowest BCUT2D eigenvalue weighted by Crippen LogP contribution is -2.13. The topological polar surface area (TPSA) is 42.0 Å². The van der Waals surface area contributed by atoms with E-state index >= 15 is 0 Å². The van der Waals surface area contributed by atoms with E-state index in [0.717, 1.165) is 24.3 Å². The fourth-order valence-electron chi connectivity index (χ4n) is 2.62. The minimum atomic E-state index is -4.59. The lowest BCUT2D eigenvalue weighted by molar-refractivity contribution is -0.138. The summed E-state index contributed by atoms with van der Waals surface area (Å²) in [7, 11) is 0. The molecule has 150 valence electrons. The number of benzene rings is 2. The number of anilines is 1. The summed E-state index contributed by atoms with van der Waals surface area (Å²) < 4.78 is 77.6. The molecule has 0 atom stereocenters. The zero-order chi connectivity index (χ0) is 21.2. The molecule has 0 saturated heterocycles. The summed E-state index contributed by atoms with van der Waals surface area (Å²) in [6, 6.07) is 11.3. The van der Waals surface area contributed by atoms with Crippen molar-refractivity contribution in [2.75, 3.05) is 5.32 Å². The van der Waals surface area contributed by atoms with Crippen LogP contribution in [-0.4, -0.2) is 10.9 Å². The number of amides is 1. The maximum Gasteiger partial charge on any atom is 0.418 e. The zero-order valence-corrected chi connectivity index (χ0v) is 14.5. The Balaban J connectivity index is 1.82. The summed E-state index contributed by atoms with van der Waals surface area (Å²) in [4.78, 5) is 16.0. The minimum absolute atomic E-state index is 0.0574. The van der Waals surface area contributed by atoms with E-state index in [-0.39, 0.29) is 22.5 Å². The van der Waals surface area contributed by atoms with Crippen molar-refractivity contribution in [1.82, 2.24) is 4.98 Å². The Morgan fingerprint density at radius 1 is 0.828 bits per heavy atom. The maximum absolute atomic E-state index is 13.1. The van der Waals surface area contributed by atoms with E-state index in [1.54, 1.807) is 0 Å². The first-order valence-electron chi connectivity index (χ1n) is 8.17. The number of hydrogen-bond acceptors (Lipinski definition) is 2. The Hall–Kier alpha value is -3.36. The van der Waals surface area contributed by atoms with Crippen molar-refractivity contribution >= 4 is 11.6 Å². The molecule has 3 rings (SSSR count). The maximum atomic E-state index is 13.1. The Morgan fingerprint density at radius 3 is 2.14 bits per heavy atom. The summed E-state index contributed by atoms with van der Waals surface area (Å²) in [5.74, 6) is -0.701. The number of hydrogen-bond donors (Lipinski definition) is 1. The number of rotatable bonds is 3. The zero-order valence-electron chi connectivity index (χ0n) is 14.5. The van der Waals surface area contributed by atoms with E-state index in [2.05, 4.69) is 10.3 Å². The summed E-state index contributed by atoms with van der Waals surface area (Å²) >= 11 is 0. The number of aromatic nitrogens is 1. The molecule has 0 saturated carbocycles. The average molecular weight is 410 g/mol. The highest BCUT2D eigenvalue weighted by Gasteiger charge is 2.34. The normalized spacial score (nSPS) is 11.9. The van der Waals surface area contributed by atoms with Crippen LogP contribution in [0.2, 0.25) is 0 Å². The van der Waals surface area contributed by atoms with Crippen molar-refractivity contribution in [3.8, 4) is 11.3 Å². The molecule has 0 bridgehead atoms. The van der Waals surface area contributed by atoms with Gasteiger partial charge in [-0.05, 0) is 42.5 Å². The van der Waals surface area contributed by atoms with Gasteiger partial charge in [0.1, 0.15) is 0 Å². The largest absolute Gasteiger partial charge is 0.418 e. The number of carbonyl (C=O) groups excluding carboxylic acids is 1. The van der Waals surface area contributed by atoms with Crippen molar-refractivity contribution in [3.63, 3.8) is 0 Å². The monoisotopic (exact) mass is 410 g/mol. The van der Waals surface area contributed by atoms with Gasteiger partial charge in [0, 0.05) is 23.0 Å². The van der Waals surface area contributed by atoms with Crippen molar-refractivity contribution < 1.29 is 31.1 Å². The van der Waals surface area contributed by atoms with E-state index in [0.29, 0.717) is 0 Å². The third-order valence-electron chi connectivity index (χ3n) is 3.98. The van der Waals surface area contributed by atoms with Gasteiger partial charge in [-0.25, -0.2) is 0 Å². The van der Waals surface area contributed by atoms with Gasteiger partial charge in [-0.1, -0.05) is 18.2 Å². The van der Waals surface area contributed by atoms with Gasteiger partial charge in [-0.2, -0.15) is 26.3 Å². The molecular formula is C20H12F6N2O. The van der Waals surface area contributed by atoms with Crippen LogP contribution in [0.25, 0.3) is 11.3 Å². The number of nitrogens with zero attached hydrogens (tertiary/aromatic N) is 1. The summed E-state index contributed by atoms with van der Waals surface area (Å²) in [6.07, 6.45) is -7.93. The molecule has 29 heavy (non-hydrogen) atoms. The van der Waals surface area contributed by atoms with Crippen LogP contribution in [-0.2, 0) is 12.4 Å². The summed E-state index contributed by atoms with van der Waals surface area (Å²) in [5, 5.41) is 2.33. The molecule has 0 aliphatic carbocycles. The van der Waals surface area contributed by atoms with E-state index in [4.69, 9.17) is 0 Å². The first-order chi connectivity index (χ1) is 13.6. The van der Waals surface area contributed by atoms with E-state index < -0.39 is 29.4 Å². The predicted molar refractivity (Wildman–Crippen MR) is 94.1 cm³/mol. The van der Waals surface area contributed by atoms with E-state index in [1.807, 2.05) is 0 Å². The van der Waals surface area contributed by atoms with Crippen molar-refractivity contribution in [2.24, 2.45) is 0 Å². The highest BCUT2D eigenvalue weighted by molar-refractivity contribution is 6.04. The molecule has 3 aromatic rings. The van der Waals surface area contributed by atoms with Crippen molar-refractivity contribution in [3.05, 3.63) is 83.6 Å². The molecule has 0 aliphatic heterocycles. The second-order valence-corrected chi connectivity index (χ2v) is 6.01. The Bertz CT molecular complexity index is 1030. The third-order valence-corrected chi connectivity index (χ3v) is 3.98. The van der Waals surface area contributed by atoms with Crippen LogP contribution in [0, 0.1) is 0 Å². The van der Waals surface area contributed by atoms with Gasteiger partial charge >= 0.3 is 12.4 Å². The van der Waals surface area contributed by atoms with E-state index in [9.17, 15) is 31.1 Å². The molecule has 0 spiro atoms. The molecule has 1 amide bonds. The van der Waals surface area contributed by atoms with Crippen LogP contribution in [0.4, 0.5) is 32.0 Å². The lowest BCUT2D eigenvalue weighted by Gasteiger charge is -2.12. The fraction of sp³-hybridized carbons (Fsp3) is 0.100. The molecule has 1 N–H and O–H groups in total. The van der Waals surface area contributed by atoms with Crippen LogP contribution >= 0.6 is 0 Å². The standard InChI is InChI=1S/C20H12F6N2O/c21-19(22,23)14-3-1-4-15(11-14)28-18(29)13-8-6-12(7-9-13)17-16(20(24,25)26)5-2-10-27-17/h1-11H,(H,28,29). The van der Waals surface area contributed by atoms with Gasteiger partial charge in [0.25, 0.3) is 5.91 Å². The first kappa shape index (κ1) is 20.4. The van der Waals surface area contributed by atoms with Crippen LogP contribution in [0.5, 0.6) is 0 Å². The number of halogens is 6. The van der Waals surface area contributed by atoms with Crippen LogP contribution in [0.3, 0.4) is 0 Å². The molecule has 0 fully saturated rings. The first-order valence-corrected chi connectivity index (χ1v) is 8.17. The van der Waals surface area contributed by atoms with Gasteiger partial charge in [-0.3, -0.25) is 9.78 Å². The minimum Gasteiger partial charge on any atom is -0.322 e. The van der Waals surface area contributed by atoms with Crippen molar-refractivity contribution in [2.45, 2.75) is 12.4 Å². The Labute approximate surface area is 161 Å². The van der Waals surface area contributed by atoms with Gasteiger partial charge in [0.05, 0.1) is 16.8 Å². The highest BCUT2D eigenvalue weighted by atomic mass is 19.4. The van der Waals surface area contributed by atoms with E-state index in [1.165, 1.54) is 42.6 Å². The molecule has 9 heteroatoms. The molecule has 0 radical (unpaired) electrons. The van der Waals surface area contributed by atoms with Crippen LogP contribution in [0.1, 0.15) is 21.5 Å². The molecule has 3 nitrogen and oxygen atoms in total. The molecule has 0 unspecified atom stereocenters. The Kier molecular flexibility index (Phi) is 5.32. The van der Waals surface area contributed by atoms with Crippen LogP contribution in [0.15, 0.2) is 66.9 Å². The lowest BCUT2D eigenvalue weighted by atomic mass is 10.0.